The summed E-state index contributed by atoms with van der Waals surface area (Å²) in [6.45, 7) is 0. The number of aromatic nitrogens is 2. The number of rotatable bonds is 1. The van der Waals surface area contributed by atoms with Gasteiger partial charge < -0.3 is 10.7 Å². The van der Waals surface area contributed by atoms with E-state index in [1.165, 1.54) is 0 Å². The van der Waals surface area contributed by atoms with Crippen molar-refractivity contribution in [3.8, 4) is 0 Å². The van der Waals surface area contributed by atoms with E-state index < -0.39 is 0 Å². The quantitative estimate of drug-likeness (QED) is 0.389. The van der Waals surface area contributed by atoms with Crippen LogP contribution >= 0.6 is 12.4 Å². The lowest BCUT2D eigenvalue weighted by Gasteiger charge is -1.84. The van der Waals surface area contributed by atoms with E-state index in [0.717, 1.165) is 0 Å². The maximum atomic E-state index is 6.84. The highest BCUT2D eigenvalue weighted by Gasteiger charge is 1.92. The highest BCUT2D eigenvalue weighted by atomic mass is 35.5. The fourth-order valence-corrected chi connectivity index (χ4v) is 0.413. The maximum absolute atomic E-state index is 6.84. The summed E-state index contributed by atoms with van der Waals surface area (Å²) in [5, 5.41) is 6.84. The van der Waals surface area contributed by atoms with Crippen LogP contribution in [0.15, 0.2) is 12.4 Å². The van der Waals surface area contributed by atoms with Gasteiger partial charge in [-0.2, -0.15) is 0 Å². The largest absolute Gasteiger partial charge is 0.381 e. The highest BCUT2D eigenvalue weighted by Crippen LogP contribution is 1.82. The van der Waals surface area contributed by atoms with Crippen LogP contribution in [0.5, 0.6) is 0 Å². The zero-order valence-electron chi connectivity index (χ0n) is 4.59. The number of aromatic amines is 1. The number of amidine groups is 1. The van der Waals surface area contributed by atoms with Gasteiger partial charge in [-0.25, -0.2) is 4.98 Å². The van der Waals surface area contributed by atoms with Crippen molar-refractivity contribution >= 4 is 18.2 Å². The second-order valence-corrected chi connectivity index (χ2v) is 1.35. The number of imidazole rings is 1. The Morgan fingerprint density at radius 2 is 2.44 bits per heavy atom. The van der Waals surface area contributed by atoms with Crippen LogP contribution in [0, 0.1) is 5.41 Å². The SMILES string of the molecule is Cl.N=C(N)c1ncc[nH]1. The van der Waals surface area contributed by atoms with Crippen LogP contribution in [0.1, 0.15) is 5.82 Å². The van der Waals surface area contributed by atoms with Gasteiger partial charge in [-0.15, -0.1) is 12.4 Å². The molecule has 9 heavy (non-hydrogen) atoms. The molecule has 50 valence electrons. The minimum atomic E-state index is -0.0324. The highest BCUT2D eigenvalue weighted by molar-refractivity contribution is 5.91. The summed E-state index contributed by atoms with van der Waals surface area (Å²) in [6, 6.07) is 0. The van der Waals surface area contributed by atoms with E-state index >= 15 is 0 Å². The van der Waals surface area contributed by atoms with Crippen LogP contribution in [0.3, 0.4) is 0 Å². The van der Waals surface area contributed by atoms with Crippen LogP contribution in [-0.4, -0.2) is 15.8 Å². The molecule has 1 rings (SSSR count). The molecule has 0 fully saturated rings. The van der Waals surface area contributed by atoms with Crippen molar-refractivity contribution in [2.75, 3.05) is 0 Å². The summed E-state index contributed by atoms with van der Waals surface area (Å²) in [7, 11) is 0. The van der Waals surface area contributed by atoms with Crippen molar-refractivity contribution in [2.45, 2.75) is 0 Å². The number of nitrogen functional groups attached to an aromatic ring is 1. The van der Waals surface area contributed by atoms with Gasteiger partial charge in [-0.3, -0.25) is 5.41 Å². The van der Waals surface area contributed by atoms with Crippen LogP contribution in [0.4, 0.5) is 0 Å². The number of nitrogens with two attached hydrogens (primary N) is 1. The Morgan fingerprint density at radius 3 is 2.67 bits per heavy atom. The normalized spacial score (nSPS) is 8.00. The minimum Gasteiger partial charge on any atom is -0.381 e. The van der Waals surface area contributed by atoms with Crippen molar-refractivity contribution in [1.82, 2.24) is 9.97 Å². The van der Waals surface area contributed by atoms with E-state index in [1.807, 2.05) is 0 Å². The van der Waals surface area contributed by atoms with Gasteiger partial charge in [-0.1, -0.05) is 0 Å². The number of nitrogens with one attached hydrogen (secondary N) is 2. The molecule has 4 nitrogen and oxygen atoms in total. The number of nitrogens with zero attached hydrogens (tertiary/aromatic N) is 1. The third-order valence-electron chi connectivity index (χ3n) is 0.753. The first kappa shape index (κ1) is 7.97. The molecule has 1 aromatic heterocycles. The van der Waals surface area contributed by atoms with Gasteiger partial charge in [0.1, 0.15) is 0 Å². The van der Waals surface area contributed by atoms with Crippen LogP contribution in [-0.2, 0) is 0 Å². The third-order valence-corrected chi connectivity index (χ3v) is 0.753. The first-order chi connectivity index (χ1) is 3.80. The monoisotopic (exact) mass is 146 g/mol. The standard InChI is InChI=1S/C4H6N4.ClH/c5-3(6)4-7-1-2-8-4;/h1-2H,(H3,5,6)(H,7,8);1H. The van der Waals surface area contributed by atoms with Crippen molar-refractivity contribution in [3.63, 3.8) is 0 Å². The molecule has 0 aromatic carbocycles. The van der Waals surface area contributed by atoms with Crippen LogP contribution in [0.2, 0.25) is 0 Å². The Hall–Kier alpha value is -1.03. The molecule has 4 N–H and O–H groups in total. The Bertz CT molecular complexity index is 180. The predicted molar refractivity (Wildman–Crippen MR) is 36.9 cm³/mol. The molecule has 0 aliphatic heterocycles. The van der Waals surface area contributed by atoms with E-state index in [1.54, 1.807) is 12.4 Å². The summed E-state index contributed by atoms with van der Waals surface area (Å²) in [6.07, 6.45) is 3.17. The first-order valence-electron chi connectivity index (χ1n) is 2.14. The van der Waals surface area contributed by atoms with Gasteiger partial charge in [-0.05, 0) is 0 Å². The fourth-order valence-electron chi connectivity index (χ4n) is 0.413. The maximum Gasteiger partial charge on any atom is 0.172 e. The second-order valence-electron chi connectivity index (χ2n) is 1.35. The van der Waals surface area contributed by atoms with Crippen molar-refractivity contribution in [1.29, 1.82) is 5.41 Å². The van der Waals surface area contributed by atoms with Crippen LogP contribution < -0.4 is 5.73 Å². The molecule has 0 radical (unpaired) electrons. The molecule has 0 saturated carbocycles. The van der Waals surface area contributed by atoms with Gasteiger partial charge in [0.05, 0.1) is 0 Å². The molecule has 0 unspecified atom stereocenters. The molecule has 0 saturated heterocycles. The van der Waals surface area contributed by atoms with Gasteiger partial charge >= 0.3 is 0 Å². The summed E-state index contributed by atoms with van der Waals surface area (Å²) < 4.78 is 0. The number of hydrogen-bond donors (Lipinski definition) is 3. The molecule has 0 aliphatic carbocycles. The topological polar surface area (TPSA) is 78.6 Å². The van der Waals surface area contributed by atoms with Crippen molar-refractivity contribution in [3.05, 3.63) is 18.2 Å². The molecular formula is C4H7ClN4. The Kier molecular flexibility index (Phi) is 2.73. The Labute approximate surface area is 58.4 Å². The van der Waals surface area contributed by atoms with Crippen molar-refractivity contribution in [2.24, 2.45) is 5.73 Å². The molecule has 0 aliphatic rings. The zero-order chi connectivity index (χ0) is 5.98. The number of halogens is 1. The minimum absolute atomic E-state index is 0. The lowest BCUT2D eigenvalue weighted by molar-refractivity contribution is 1.22. The van der Waals surface area contributed by atoms with E-state index in [9.17, 15) is 0 Å². The molecular weight excluding hydrogens is 140 g/mol. The van der Waals surface area contributed by atoms with Gasteiger partial charge in [0.25, 0.3) is 0 Å². The van der Waals surface area contributed by atoms with E-state index in [-0.39, 0.29) is 18.2 Å². The summed E-state index contributed by atoms with van der Waals surface area (Å²) in [4.78, 5) is 6.39. The number of H-pyrrole nitrogens is 1. The molecule has 0 spiro atoms. The fraction of sp³-hybridized carbons (Fsp3) is 0. The first-order valence-corrected chi connectivity index (χ1v) is 2.14. The molecule has 1 aromatic rings. The Morgan fingerprint density at radius 1 is 1.78 bits per heavy atom. The van der Waals surface area contributed by atoms with E-state index in [2.05, 4.69) is 9.97 Å². The van der Waals surface area contributed by atoms with E-state index in [0.29, 0.717) is 5.82 Å². The third kappa shape index (κ3) is 1.73. The van der Waals surface area contributed by atoms with E-state index in [4.69, 9.17) is 11.1 Å². The molecule has 5 heteroatoms. The second kappa shape index (κ2) is 3.09. The lowest BCUT2D eigenvalue weighted by atomic mass is 10.6. The summed E-state index contributed by atoms with van der Waals surface area (Å²) in [5.74, 6) is 0.389. The summed E-state index contributed by atoms with van der Waals surface area (Å²) >= 11 is 0. The molecule has 1 heterocycles. The van der Waals surface area contributed by atoms with Gasteiger partial charge in [0, 0.05) is 12.4 Å². The number of hydrogen-bond acceptors (Lipinski definition) is 2. The Balaban J connectivity index is 0.000000640. The average Bonchev–Trinajstić information content (AvgIpc) is 2.12. The van der Waals surface area contributed by atoms with Gasteiger partial charge in [0.2, 0.25) is 0 Å². The summed E-state index contributed by atoms with van der Waals surface area (Å²) in [5.41, 5.74) is 5.05. The molecule has 0 amide bonds. The average molecular weight is 147 g/mol. The van der Waals surface area contributed by atoms with Crippen LogP contribution in [0.25, 0.3) is 0 Å². The zero-order valence-corrected chi connectivity index (χ0v) is 5.40. The molecule has 0 atom stereocenters. The van der Waals surface area contributed by atoms with Gasteiger partial charge in [0.15, 0.2) is 11.7 Å². The lowest BCUT2D eigenvalue weighted by Crippen LogP contribution is -2.12. The smallest absolute Gasteiger partial charge is 0.172 e. The van der Waals surface area contributed by atoms with Crippen molar-refractivity contribution < 1.29 is 0 Å². The molecule has 0 bridgehead atoms. The predicted octanol–water partition coefficient (Wildman–Crippen LogP) is 0.116.